The summed E-state index contributed by atoms with van der Waals surface area (Å²) in [6, 6.07) is 16.7. The monoisotopic (exact) mass is 342 g/mol. The second kappa shape index (κ2) is 8.84. The first-order valence-corrected chi connectivity index (χ1v) is 7.91. The van der Waals surface area contributed by atoms with E-state index in [0.717, 1.165) is 11.3 Å². The number of ether oxygens (including phenoxy) is 2. The van der Waals surface area contributed by atoms with Crippen LogP contribution in [0.4, 0.5) is 0 Å². The first kappa shape index (κ1) is 18.5. The van der Waals surface area contributed by atoms with Gasteiger partial charge >= 0.3 is 0 Å². The largest absolute Gasteiger partial charge is 0.457 e. The highest BCUT2D eigenvalue weighted by molar-refractivity contribution is 5.86. The average Bonchev–Trinajstić information content (AvgIpc) is 2.60. The molecule has 0 radical (unpaired) electrons. The zero-order chi connectivity index (χ0) is 18.2. The van der Waals surface area contributed by atoms with E-state index in [0.29, 0.717) is 5.75 Å². The molecular weight excluding hydrogens is 320 g/mol. The van der Waals surface area contributed by atoms with Gasteiger partial charge in [-0.15, -0.1) is 0 Å². The predicted octanol–water partition coefficient (Wildman–Crippen LogP) is 2.33. The number of amides is 2. The van der Waals surface area contributed by atoms with Crippen molar-refractivity contribution in [2.45, 2.75) is 19.6 Å². The van der Waals surface area contributed by atoms with Crippen LogP contribution in [-0.2, 0) is 20.9 Å². The highest BCUT2D eigenvalue weighted by Crippen LogP contribution is 2.22. The molecule has 2 rings (SSSR count). The van der Waals surface area contributed by atoms with Gasteiger partial charge in [-0.05, 0) is 36.8 Å². The summed E-state index contributed by atoms with van der Waals surface area (Å²) >= 11 is 0. The summed E-state index contributed by atoms with van der Waals surface area (Å²) in [7, 11) is 1.44. The van der Waals surface area contributed by atoms with Crippen LogP contribution < -0.4 is 10.5 Å². The zero-order valence-corrected chi connectivity index (χ0v) is 14.3. The van der Waals surface area contributed by atoms with Crippen LogP contribution in [0.1, 0.15) is 12.5 Å². The number of methoxy groups -OCH3 is 1. The fraction of sp³-hybridized carbons (Fsp3) is 0.263. The summed E-state index contributed by atoms with van der Waals surface area (Å²) in [5, 5.41) is 0. The van der Waals surface area contributed by atoms with Gasteiger partial charge in [-0.3, -0.25) is 9.59 Å². The number of hydrogen-bond donors (Lipinski definition) is 1. The molecule has 6 heteroatoms. The number of carbonyl (C=O) groups excluding carboxylic acids is 2. The van der Waals surface area contributed by atoms with E-state index in [2.05, 4.69) is 0 Å². The van der Waals surface area contributed by atoms with E-state index < -0.39 is 12.0 Å². The van der Waals surface area contributed by atoms with Crippen molar-refractivity contribution in [2.24, 2.45) is 5.73 Å². The van der Waals surface area contributed by atoms with Gasteiger partial charge in [0.1, 0.15) is 17.6 Å². The Labute approximate surface area is 147 Å². The van der Waals surface area contributed by atoms with Crippen LogP contribution >= 0.6 is 0 Å². The van der Waals surface area contributed by atoms with Crippen molar-refractivity contribution in [3.8, 4) is 11.5 Å². The fourth-order valence-electron chi connectivity index (χ4n) is 2.31. The fourth-order valence-corrected chi connectivity index (χ4v) is 2.31. The lowest BCUT2D eigenvalue weighted by Gasteiger charge is -2.24. The lowest BCUT2D eigenvalue weighted by molar-refractivity contribution is -0.144. The van der Waals surface area contributed by atoms with Crippen LogP contribution in [0.15, 0.2) is 54.6 Å². The van der Waals surface area contributed by atoms with Crippen LogP contribution in [0.25, 0.3) is 0 Å². The molecule has 0 aliphatic heterocycles. The van der Waals surface area contributed by atoms with Gasteiger partial charge < -0.3 is 20.1 Å². The molecule has 2 aromatic rings. The summed E-state index contributed by atoms with van der Waals surface area (Å²) in [5.41, 5.74) is 6.09. The molecule has 2 amide bonds. The van der Waals surface area contributed by atoms with Gasteiger partial charge in [-0.2, -0.15) is 0 Å². The molecule has 0 fully saturated rings. The minimum absolute atomic E-state index is 0.170. The maximum atomic E-state index is 12.4. The number of nitrogens with zero attached hydrogens (tertiary/aromatic N) is 1. The Bertz CT molecular complexity index is 718. The molecule has 1 atom stereocenters. The number of nitrogens with two attached hydrogens (primary N) is 1. The molecule has 0 spiro atoms. The van der Waals surface area contributed by atoms with Crippen molar-refractivity contribution >= 4 is 11.8 Å². The Morgan fingerprint density at radius 3 is 2.40 bits per heavy atom. The summed E-state index contributed by atoms with van der Waals surface area (Å²) in [4.78, 5) is 25.0. The summed E-state index contributed by atoms with van der Waals surface area (Å²) in [6.07, 6.45) is -0.650. The molecule has 0 aliphatic rings. The topological polar surface area (TPSA) is 81.9 Å². The Kier molecular flexibility index (Phi) is 6.54. The van der Waals surface area contributed by atoms with Gasteiger partial charge in [0.2, 0.25) is 5.91 Å². The molecule has 0 saturated carbocycles. The maximum Gasteiger partial charge on any atom is 0.252 e. The molecule has 0 bridgehead atoms. The average molecular weight is 342 g/mol. The van der Waals surface area contributed by atoms with Crippen LogP contribution in [0.2, 0.25) is 0 Å². The van der Waals surface area contributed by atoms with Gasteiger partial charge in [0.25, 0.3) is 5.91 Å². The predicted molar refractivity (Wildman–Crippen MR) is 94.0 cm³/mol. The highest BCUT2D eigenvalue weighted by Gasteiger charge is 2.22. The third kappa shape index (κ3) is 5.61. The highest BCUT2D eigenvalue weighted by atomic mass is 16.5. The van der Waals surface area contributed by atoms with E-state index in [4.69, 9.17) is 15.2 Å². The molecular formula is C19H22N2O4. The van der Waals surface area contributed by atoms with E-state index in [1.54, 1.807) is 6.92 Å². The minimum atomic E-state index is -0.650. The van der Waals surface area contributed by atoms with Crippen LogP contribution in [0.5, 0.6) is 11.5 Å². The number of carbonyl (C=O) groups is 2. The Hall–Kier alpha value is -2.86. The molecule has 0 saturated heterocycles. The zero-order valence-electron chi connectivity index (χ0n) is 14.3. The molecule has 25 heavy (non-hydrogen) atoms. The van der Waals surface area contributed by atoms with E-state index in [9.17, 15) is 9.59 Å². The van der Waals surface area contributed by atoms with Gasteiger partial charge in [0, 0.05) is 13.7 Å². The lowest BCUT2D eigenvalue weighted by Crippen LogP contribution is -2.43. The van der Waals surface area contributed by atoms with Crippen LogP contribution in [0, 0.1) is 0 Å². The van der Waals surface area contributed by atoms with E-state index in [-0.39, 0.29) is 19.0 Å². The second-order valence-corrected chi connectivity index (χ2v) is 5.60. The lowest BCUT2D eigenvalue weighted by atomic mass is 10.2. The Balaban J connectivity index is 2.14. The summed E-state index contributed by atoms with van der Waals surface area (Å²) in [5.74, 6) is 0.497. The van der Waals surface area contributed by atoms with Crippen molar-refractivity contribution in [1.82, 2.24) is 4.90 Å². The number of para-hydroxylation sites is 1. The second-order valence-electron chi connectivity index (χ2n) is 5.60. The molecule has 0 heterocycles. The number of primary amides is 1. The van der Waals surface area contributed by atoms with Crippen molar-refractivity contribution in [3.63, 3.8) is 0 Å². The van der Waals surface area contributed by atoms with Crippen LogP contribution in [0.3, 0.4) is 0 Å². The van der Waals surface area contributed by atoms with Gasteiger partial charge in [-0.25, -0.2) is 0 Å². The normalized spacial score (nSPS) is 11.6. The van der Waals surface area contributed by atoms with Gasteiger partial charge in [0.05, 0.1) is 6.54 Å². The molecule has 132 valence electrons. The van der Waals surface area contributed by atoms with E-state index >= 15 is 0 Å². The van der Waals surface area contributed by atoms with Crippen LogP contribution in [-0.4, -0.2) is 36.5 Å². The van der Waals surface area contributed by atoms with E-state index in [1.807, 2.05) is 54.6 Å². The van der Waals surface area contributed by atoms with Crippen molar-refractivity contribution in [2.75, 3.05) is 13.7 Å². The molecule has 0 aliphatic carbocycles. The summed E-state index contributed by atoms with van der Waals surface area (Å²) in [6.45, 7) is 1.70. The van der Waals surface area contributed by atoms with Crippen molar-refractivity contribution < 1.29 is 19.1 Å². The van der Waals surface area contributed by atoms with Crippen molar-refractivity contribution in [3.05, 3.63) is 60.2 Å². The molecule has 2 aromatic carbocycles. The van der Waals surface area contributed by atoms with Gasteiger partial charge in [-0.1, -0.05) is 30.3 Å². The first-order chi connectivity index (χ1) is 12.0. The maximum absolute atomic E-state index is 12.4. The minimum Gasteiger partial charge on any atom is -0.457 e. The molecule has 2 N–H and O–H groups in total. The SMILES string of the molecule is COC(C)C(=O)N(CC(N)=O)Cc1cccc(Oc2ccccc2)c1. The molecule has 6 nitrogen and oxygen atoms in total. The smallest absolute Gasteiger partial charge is 0.252 e. The Morgan fingerprint density at radius 2 is 1.76 bits per heavy atom. The first-order valence-electron chi connectivity index (χ1n) is 7.91. The molecule has 1 unspecified atom stereocenters. The van der Waals surface area contributed by atoms with Crippen molar-refractivity contribution in [1.29, 1.82) is 0 Å². The van der Waals surface area contributed by atoms with Gasteiger partial charge in [0.15, 0.2) is 0 Å². The quantitative estimate of drug-likeness (QED) is 0.798. The molecule has 0 aromatic heterocycles. The van der Waals surface area contributed by atoms with E-state index in [1.165, 1.54) is 12.0 Å². The summed E-state index contributed by atoms with van der Waals surface area (Å²) < 4.78 is 10.8. The third-order valence-electron chi connectivity index (χ3n) is 3.61. The Morgan fingerprint density at radius 1 is 1.08 bits per heavy atom. The number of rotatable bonds is 8. The number of hydrogen-bond acceptors (Lipinski definition) is 4. The third-order valence-corrected chi connectivity index (χ3v) is 3.61. The number of benzene rings is 2. The standard InChI is InChI=1S/C19H22N2O4/c1-14(24-2)19(23)21(13-18(20)22)12-15-7-6-10-17(11-15)25-16-8-4-3-5-9-16/h3-11,14H,12-13H2,1-2H3,(H2,20,22).